The van der Waals surface area contributed by atoms with Gasteiger partial charge in [-0.2, -0.15) is 0 Å². The molecule has 0 saturated carbocycles. The number of carboxylic acid groups (broad SMARTS) is 1. The van der Waals surface area contributed by atoms with Gasteiger partial charge in [-0.3, -0.25) is 4.79 Å². The molecule has 7 heteroatoms. The number of thiazole rings is 1. The molecule has 0 radical (unpaired) electrons. The van der Waals surface area contributed by atoms with Crippen LogP contribution in [-0.4, -0.2) is 39.5 Å². The van der Waals surface area contributed by atoms with Gasteiger partial charge in [0.05, 0.1) is 0 Å². The largest absolute Gasteiger partial charge is 0.480 e. The lowest BCUT2D eigenvalue weighted by Crippen LogP contribution is -2.48. The number of amides is 1. The number of carbonyl (C=O) groups excluding carboxylic acids is 1. The molecule has 0 bridgehead atoms. The van der Waals surface area contributed by atoms with Crippen molar-refractivity contribution in [2.45, 2.75) is 25.3 Å². The highest BCUT2D eigenvalue weighted by Crippen LogP contribution is 2.27. The van der Waals surface area contributed by atoms with Gasteiger partial charge in [0.2, 0.25) is 0 Å². The Bertz CT molecular complexity index is 746. The fraction of sp³-hybridized carbons (Fsp3) is 0.312. The lowest BCUT2D eigenvalue weighted by molar-refractivity contribution is -0.143. The molecule has 1 saturated heterocycles. The van der Waals surface area contributed by atoms with Gasteiger partial charge in [-0.1, -0.05) is 23.7 Å². The number of rotatable bonds is 3. The quantitative estimate of drug-likeness (QED) is 0.919. The summed E-state index contributed by atoms with van der Waals surface area (Å²) in [7, 11) is 0. The molecule has 1 amide bonds. The second kappa shape index (κ2) is 6.68. The maximum absolute atomic E-state index is 12.6. The Balaban J connectivity index is 1.84. The van der Waals surface area contributed by atoms with Gasteiger partial charge in [-0.25, -0.2) is 9.78 Å². The van der Waals surface area contributed by atoms with Crippen LogP contribution < -0.4 is 0 Å². The zero-order chi connectivity index (χ0) is 16.4. The highest BCUT2D eigenvalue weighted by atomic mass is 35.5. The summed E-state index contributed by atoms with van der Waals surface area (Å²) in [6.45, 7) is 0.458. The lowest BCUT2D eigenvalue weighted by atomic mass is 10.0. The maximum atomic E-state index is 12.6. The van der Waals surface area contributed by atoms with Crippen molar-refractivity contribution in [1.29, 1.82) is 0 Å². The predicted octanol–water partition coefficient (Wildman–Crippen LogP) is 3.54. The lowest BCUT2D eigenvalue weighted by Gasteiger charge is -2.32. The number of aromatic nitrogens is 1. The Morgan fingerprint density at radius 2 is 2.17 bits per heavy atom. The maximum Gasteiger partial charge on any atom is 0.326 e. The van der Waals surface area contributed by atoms with E-state index in [-0.39, 0.29) is 11.6 Å². The predicted molar refractivity (Wildman–Crippen MR) is 88.9 cm³/mol. The van der Waals surface area contributed by atoms with E-state index >= 15 is 0 Å². The highest BCUT2D eigenvalue weighted by molar-refractivity contribution is 7.13. The van der Waals surface area contributed by atoms with Crippen LogP contribution in [-0.2, 0) is 4.79 Å². The Morgan fingerprint density at radius 3 is 2.91 bits per heavy atom. The van der Waals surface area contributed by atoms with Crippen LogP contribution in [0.25, 0.3) is 10.6 Å². The van der Waals surface area contributed by atoms with E-state index in [1.54, 1.807) is 17.5 Å². The van der Waals surface area contributed by atoms with E-state index in [1.807, 2.05) is 12.1 Å². The summed E-state index contributed by atoms with van der Waals surface area (Å²) in [5, 5.41) is 12.3. The van der Waals surface area contributed by atoms with Crippen molar-refractivity contribution in [1.82, 2.24) is 9.88 Å². The van der Waals surface area contributed by atoms with Crippen LogP contribution in [0.1, 0.15) is 29.8 Å². The third-order valence-corrected chi connectivity index (χ3v) is 4.97. The Labute approximate surface area is 142 Å². The van der Waals surface area contributed by atoms with E-state index in [2.05, 4.69) is 4.98 Å². The fourth-order valence-electron chi connectivity index (χ4n) is 2.70. The van der Waals surface area contributed by atoms with Gasteiger partial charge in [0, 0.05) is 22.5 Å². The van der Waals surface area contributed by atoms with E-state index in [9.17, 15) is 14.7 Å². The first-order valence-corrected chi connectivity index (χ1v) is 8.57. The van der Waals surface area contributed by atoms with E-state index in [0.29, 0.717) is 23.0 Å². The molecule has 1 aliphatic rings. The van der Waals surface area contributed by atoms with Crippen LogP contribution in [0.4, 0.5) is 0 Å². The highest BCUT2D eigenvalue weighted by Gasteiger charge is 2.33. The Kier molecular flexibility index (Phi) is 4.63. The first kappa shape index (κ1) is 16.0. The average molecular weight is 351 g/mol. The van der Waals surface area contributed by atoms with Crippen LogP contribution in [0.15, 0.2) is 29.6 Å². The van der Waals surface area contributed by atoms with Gasteiger partial charge in [0.15, 0.2) is 0 Å². The molecule has 5 nitrogen and oxygen atoms in total. The summed E-state index contributed by atoms with van der Waals surface area (Å²) >= 11 is 7.32. The number of carbonyl (C=O) groups is 2. The molecule has 2 aromatic rings. The van der Waals surface area contributed by atoms with E-state index in [4.69, 9.17) is 11.6 Å². The Morgan fingerprint density at radius 1 is 1.35 bits per heavy atom. The average Bonchev–Trinajstić information content (AvgIpc) is 3.04. The van der Waals surface area contributed by atoms with E-state index in [1.165, 1.54) is 16.2 Å². The van der Waals surface area contributed by atoms with Crippen LogP contribution in [0, 0.1) is 0 Å². The molecule has 2 heterocycles. The number of carboxylic acids is 1. The molecular formula is C16H15ClN2O3S. The molecule has 1 aromatic carbocycles. The molecule has 1 atom stereocenters. The van der Waals surface area contributed by atoms with E-state index in [0.717, 1.165) is 18.4 Å². The van der Waals surface area contributed by atoms with Gasteiger partial charge >= 0.3 is 5.97 Å². The minimum atomic E-state index is -0.955. The zero-order valence-corrected chi connectivity index (χ0v) is 13.8. The molecule has 23 heavy (non-hydrogen) atoms. The van der Waals surface area contributed by atoms with Crippen LogP contribution >= 0.6 is 22.9 Å². The summed E-state index contributed by atoms with van der Waals surface area (Å²) in [5.74, 6) is -1.27. The van der Waals surface area contributed by atoms with Gasteiger partial charge in [0.1, 0.15) is 16.7 Å². The van der Waals surface area contributed by atoms with E-state index < -0.39 is 12.0 Å². The normalized spacial score (nSPS) is 18.0. The number of hydrogen-bond acceptors (Lipinski definition) is 4. The molecule has 1 N–H and O–H groups in total. The molecule has 1 aliphatic heterocycles. The summed E-state index contributed by atoms with van der Waals surface area (Å²) in [6.07, 6.45) is 2.14. The minimum absolute atomic E-state index is 0.290. The molecule has 1 fully saturated rings. The van der Waals surface area contributed by atoms with Crippen molar-refractivity contribution >= 4 is 34.8 Å². The summed E-state index contributed by atoms with van der Waals surface area (Å²) in [5.41, 5.74) is 1.13. The number of hydrogen-bond donors (Lipinski definition) is 1. The standard InChI is InChI=1S/C16H15ClN2O3S/c17-11-5-3-4-10(8-11)14-18-12(9-23-14)15(20)19-7-2-1-6-13(19)16(21)22/h3-5,8-9,13H,1-2,6-7H2,(H,21,22). The molecule has 1 aromatic heterocycles. The van der Waals surface area contributed by atoms with Crippen molar-refractivity contribution < 1.29 is 14.7 Å². The first-order chi connectivity index (χ1) is 11.1. The zero-order valence-electron chi connectivity index (χ0n) is 12.2. The monoisotopic (exact) mass is 350 g/mol. The van der Waals surface area contributed by atoms with Gasteiger partial charge < -0.3 is 10.0 Å². The van der Waals surface area contributed by atoms with Gasteiger partial charge in [0.25, 0.3) is 5.91 Å². The summed E-state index contributed by atoms with van der Waals surface area (Å²) < 4.78 is 0. The van der Waals surface area contributed by atoms with Crippen LogP contribution in [0.3, 0.4) is 0 Å². The number of likely N-dealkylation sites (tertiary alicyclic amines) is 1. The number of aliphatic carboxylic acids is 1. The Hall–Kier alpha value is -1.92. The second-order valence-corrected chi connectivity index (χ2v) is 6.69. The second-order valence-electron chi connectivity index (χ2n) is 5.40. The molecule has 120 valence electrons. The minimum Gasteiger partial charge on any atom is -0.480 e. The van der Waals surface area contributed by atoms with Crippen molar-refractivity contribution in [3.05, 3.63) is 40.4 Å². The number of nitrogens with zero attached hydrogens (tertiary/aromatic N) is 2. The number of benzene rings is 1. The van der Waals surface area contributed by atoms with Crippen molar-refractivity contribution in [3.8, 4) is 10.6 Å². The first-order valence-electron chi connectivity index (χ1n) is 7.31. The molecule has 0 spiro atoms. The molecule has 0 aliphatic carbocycles. The topological polar surface area (TPSA) is 70.5 Å². The van der Waals surface area contributed by atoms with Gasteiger partial charge in [-0.05, 0) is 31.4 Å². The third-order valence-electron chi connectivity index (χ3n) is 3.84. The van der Waals surface area contributed by atoms with Crippen LogP contribution in [0.2, 0.25) is 5.02 Å². The number of halogens is 1. The molecule has 1 unspecified atom stereocenters. The summed E-state index contributed by atoms with van der Waals surface area (Å²) in [6, 6.07) is 6.50. The van der Waals surface area contributed by atoms with Crippen LogP contribution in [0.5, 0.6) is 0 Å². The van der Waals surface area contributed by atoms with Crippen molar-refractivity contribution in [2.24, 2.45) is 0 Å². The third kappa shape index (κ3) is 3.38. The fourth-order valence-corrected chi connectivity index (χ4v) is 3.69. The van der Waals surface area contributed by atoms with Crippen molar-refractivity contribution in [2.75, 3.05) is 6.54 Å². The van der Waals surface area contributed by atoms with Crippen molar-refractivity contribution in [3.63, 3.8) is 0 Å². The SMILES string of the molecule is O=C(O)C1CCCCN1C(=O)c1csc(-c2cccc(Cl)c2)n1. The number of piperidine rings is 1. The smallest absolute Gasteiger partial charge is 0.326 e. The molecule has 3 rings (SSSR count). The van der Waals surface area contributed by atoms with Gasteiger partial charge in [-0.15, -0.1) is 11.3 Å². The molecular weight excluding hydrogens is 336 g/mol. The summed E-state index contributed by atoms with van der Waals surface area (Å²) in [4.78, 5) is 29.7.